The van der Waals surface area contributed by atoms with Gasteiger partial charge >= 0.3 is 0 Å². The molecule has 0 aliphatic heterocycles. The van der Waals surface area contributed by atoms with Gasteiger partial charge in [-0.3, -0.25) is 0 Å². The van der Waals surface area contributed by atoms with Crippen LogP contribution in [0.5, 0.6) is 5.88 Å². The van der Waals surface area contributed by atoms with E-state index in [9.17, 15) is 0 Å². The van der Waals surface area contributed by atoms with Crippen LogP contribution in [0.25, 0.3) is 0 Å². The highest BCUT2D eigenvalue weighted by atomic mass is 35.5. The minimum absolute atomic E-state index is 0.267. The Bertz CT molecular complexity index is 401. The van der Waals surface area contributed by atoms with Crippen molar-refractivity contribution in [3.8, 4) is 5.88 Å². The maximum Gasteiger partial charge on any atom is 0.213 e. The summed E-state index contributed by atoms with van der Waals surface area (Å²) in [6, 6.07) is 1.85. The van der Waals surface area contributed by atoms with Crippen LogP contribution < -0.4 is 10.5 Å². The fourth-order valence-corrected chi connectivity index (χ4v) is 3.00. The molecule has 0 aromatic carbocycles. The van der Waals surface area contributed by atoms with Gasteiger partial charge in [0, 0.05) is 18.8 Å². The molecule has 2 atom stereocenters. The van der Waals surface area contributed by atoms with Crippen molar-refractivity contribution in [3.05, 3.63) is 22.8 Å². The topological polar surface area (TPSA) is 48.1 Å². The first-order valence-corrected chi connectivity index (χ1v) is 6.97. The SMILES string of the molecule is CC1CC(C)CC(Oc2cc(CN)c(Cl)cn2)C1. The normalized spacial score (nSPS) is 28.1. The Morgan fingerprint density at radius 2 is 2.00 bits per heavy atom. The number of nitrogens with zero attached hydrogens (tertiary/aromatic N) is 1. The lowest BCUT2D eigenvalue weighted by atomic mass is 9.82. The molecule has 0 spiro atoms. The van der Waals surface area contributed by atoms with Gasteiger partial charge in [0.25, 0.3) is 0 Å². The number of nitrogens with two attached hydrogens (primary N) is 1. The molecule has 2 rings (SSSR count). The van der Waals surface area contributed by atoms with Crippen molar-refractivity contribution >= 4 is 11.6 Å². The first kappa shape index (κ1) is 13.6. The summed E-state index contributed by atoms with van der Waals surface area (Å²) in [4.78, 5) is 4.22. The third kappa shape index (κ3) is 3.36. The molecule has 1 aliphatic rings. The van der Waals surface area contributed by atoms with Crippen LogP contribution in [-0.2, 0) is 6.54 Å². The molecule has 3 nitrogen and oxygen atoms in total. The van der Waals surface area contributed by atoms with Gasteiger partial charge in [0.2, 0.25) is 5.88 Å². The van der Waals surface area contributed by atoms with Crippen LogP contribution >= 0.6 is 11.6 Å². The molecule has 1 aromatic rings. The van der Waals surface area contributed by atoms with Crippen LogP contribution in [-0.4, -0.2) is 11.1 Å². The molecule has 2 unspecified atom stereocenters. The lowest BCUT2D eigenvalue weighted by Crippen LogP contribution is -2.28. The van der Waals surface area contributed by atoms with Gasteiger partial charge in [-0.1, -0.05) is 25.4 Å². The average molecular weight is 269 g/mol. The van der Waals surface area contributed by atoms with Gasteiger partial charge in [-0.25, -0.2) is 4.98 Å². The van der Waals surface area contributed by atoms with E-state index in [0.29, 0.717) is 17.4 Å². The van der Waals surface area contributed by atoms with E-state index in [0.717, 1.165) is 30.2 Å². The van der Waals surface area contributed by atoms with Crippen molar-refractivity contribution in [2.45, 2.75) is 45.8 Å². The van der Waals surface area contributed by atoms with Crippen LogP contribution in [0.4, 0.5) is 0 Å². The lowest BCUT2D eigenvalue weighted by Gasteiger charge is -2.31. The van der Waals surface area contributed by atoms with Crippen LogP contribution in [0.3, 0.4) is 0 Å². The molecule has 0 amide bonds. The van der Waals surface area contributed by atoms with E-state index >= 15 is 0 Å². The van der Waals surface area contributed by atoms with Crippen molar-refractivity contribution in [2.24, 2.45) is 17.6 Å². The van der Waals surface area contributed by atoms with E-state index in [-0.39, 0.29) is 6.10 Å². The first-order chi connectivity index (χ1) is 8.58. The van der Waals surface area contributed by atoms with E-state index in [1.807, 2.05) is 6.07 Å². The Morgan fingerprint density at radius 3 is 2.61 bits per heavy atom. The van der Waals surface area contributed by atoms with E-state index < -0.39 is 0 Å². The minimum atomic E-state index is 0.267. The van der Waals surface area contributed by atoms with Gasteiger partial charge in [-0.2, -0.15) is 0 Å². The Hall–Kier alpha value is -0.800. The Kier molecular flexibility index (Phi) is 4.46. The second kappa shape index (κ2) is 5.89. The van der Waals surface area contributed by atoms with E-state index in [4.69, 9.17) is 22.1 Å². The number of halogens is 1. The van der Waals surface area contributed by atoms with Crippen molar-refractivity contribution in [1.29, 1.82) is 0 Å². The Balaban J connectivity index is 2.04. The summed E-state index contributed by atoms with van der Waals surface area (Å²) in [5, 5.41) is 0.607. The van der Waals surface area contributed by atoms with Crippen LogP contribution in [0.15, 0.2) is 12.3 Å². The second-order valence-corrected chi connectivity index (χ2v) is 5.88. The molecular weight excluding hydrogens is 248 g/mol. The zero-order chi connectivity index (χ0) is 13.1. The lowest BCUT2D eigenvalue weighted by molar-refractivity contribution is 0.0966. The average Bonchev–Trinajstić information content (AvgIpc) is 2.30. The zero-order valence-electron chi connectivity index (χ0n) is 11.0. The predicted octanol–water partition coefficient (Wildman–Crippen LogP) is 3.40. The fraction of sp³-hybridized carbons (Fsp3) is 0.643. The molecule has 1 heterocycles. The number of hydrogen-bond donors (Lipinski definition) is 1. The summed E-state index contributed by atoms with van der Waals surface area (Å²) in [5.41, 5.74) is 6.52. The standard InChI is InChI=1S/C14H21ClN2O/c1-9-3-10(2)5-12(4-9)18-14-6-11(7-16)13(15)8-17-14/h6,8-10,12H,3-5,7,16H2,1-2H3. The number of aromatic nitrogens is 1. The minimum Gasteiger partial charge on any atom is -0.474 e. The van der Waals surface area contributed by atoms with Crippen molar-refractivity contribution in [3.63, 3.8) is 0 Å². The van der Waals surface area contributed by atoms with Crippen molar-refractivity contribution < 1.29 is 4.74 Å². The second-order valence-electron chi connectivity index (χ2n) is 5.48. The highest BCUT2D eigenvalue weighted by Crippen LogP contribution is 2.31. The molecule has 1 saturated carbocycles. The van der Waals surface area contributed by atoms with Crippen molar-refractivity contribution in [1.82, 2.24) is 4.98 Å². The van der Waals surface area contributed by atoms with E-state index in [1.54, 1.807) is 6.20 Å². The van der Waals surface area contributed by atoms with Crippen LogP contribution in [0, 0.1) is 11.8 Å². The highest BCUT2D eigenvalue weighted by molar-refractivity contribution is 6.31. The number of pyridine rings is 1. The molecular formula is C14H21ClN2O. The summed E-state index contributed by atoms with van der Waals surface area (Å²) in [5.74, 6) is 2.09. The maximum absolute atomic E-state index is 5.99. The Labute approximate surface area is 114 Å². The monoisotopic (exact) mass is 268 g/mol. The smallest absolute Gasteiger partial charge is 0.213 e. The predicted molar refractivity (Wildman–Crippen MR) is 73.7 cm³/mol. The molecule has 0 radical (unpaired) electrons. The summed E-state index contributed by atoms with van der Waals surface area (Å²) in [6.07, 6.45) is 5.39. The maximum atomic E-state index is 5.99. The van der Waals surface area contributed by atoms with Gasteiger partial charge in [0.05, 0.1) is 5.02 Å². The van der Waals surface area contributed by atoms with E-state index in [2.05, 4.69) is 18.8 Å². The molecule has 1 aromatic heterocycles. The van der Waals surface area contributed by atoms with Gasteiger partial charge in [-0.05, 0) is 36.7 Å². The largest absolute Gasteiger partial charge is 0.474 e. The zero-order valence-corrected chi connectivity index (χ0v) is 11.8. The molecule has 1 fully saturated rings. The summed E-state index contributed by atoms with van der Waals surface area (Å²) in [6.45, 7) is 4.98. The molecule has 1 aliphatic carbocycles. The molecule has 4 heteroatoms. The quantitative estimate of drug-likeness (QED) is 0.914. The fourth-order valence-electron chi connectivity index (χ4n) is 2.82. The first-order valence-electron chi connectivity index (χ1n) is 6.59. The van der Waals surface area contributed by atoms with Gasteiger partial charge < -0.3 is 10.5 Å². The molecule has 0 saturated heterocycles. The molecule has 18 heavy (non-hydrogen) atoms. The highest BCUT2D eigenvalue weighted by Gasteiger charge is 2.25. The number of rotatable bonds is 3. The summed E-state index contributed by atoms with van der Waals surface area (Å²) < 4.78 is 5.97. The van der Waals surface area contributed by atoms with Crippen LogP contribution in [0.2, 0.25) is 5.02 Å². The van der Waals surface area contributed by atoms with Crippen LogP contribution in [0.1, 0.15) is 38.7 Å². The van der Waals surface area contributed by atoms with Gasteiger partial charge in [0.1, 0.15) is 6.10 Å². The van der Waals surface area contributed by atoms with Crippen molar-refractivity contribution in [2.75, 3.05) is 0 Å². The number of ether oxygens (including phenoxy) is 1. The van der Waals surface area contributed by atoms with Gasteiger partial charge in [-0.15, -0.1) is 0 Å². The Morgan fingerprint density at radius 1 is 1.33 bits per heavy atom. The third-order valence-corrected chi connectivity index (χ3v) is 3.89. The summed E-state index contributed by atoms with van der Waals surface area (Å²) >= 11 is 5.99. The van der Waals surface area contributed by atoms with E-state index in [1.165, 1.54) is 6.42 Å². The third-order valence-electron chi connectivity index (χ3n) is 3.55. The molecule has 0 bridgehead atoms. The summed E-state index contributed by atoms with van der Waals surface area (Å²) in [7, 11) is 0. The number of hydrogen-bond acceptors (Lipinski definition) is 3. The molecule has 2 N–H and O–H groups in total. The van der Waals surface area contributed by atoms with Gasteiger partial charge in [0.15, 0.2) is 0 Å². The molecule has 100 valence electrons.